The fraction of sp³-hybridized carbons (Fsp3) is 0.348. The van der Waals surface area contributed by atoms with Gasteiger partial charge in [-0.05, 0) is 51.3 Å². The molecule has 1 aliphatic rings. The molecule has 31 heavy (non-hydrogen) atoms. The number of para-hydroxylation sites is 1. The lowest BCUT2D eigenvalue weighted by atomic mass is 10.0. The van der Waals surface area contributed by atoms with Crippen molar-refractivity contribution in [1.29, 1.82) is 0 Å². The van der Waals surface area contributed by atoms with Crippen molar-refractivity contribution in [3.05, 3.63) is 65.2 Å². The van der Waals surface area contributed by atoms with E-state index in [9.17, 15) is 9.59 Å². The number of furan rings is 1. The molecule has 1 saturated heterocycles. The Labute approximate surface area is 181 Å². The molecule has 0 atom stereocenters. The highest BCUT2D eigenvalue weighted by molar-refractivity contribution is 5.99. The van der Waals surface area contributed by atoms with E-state index >= 15 is 0 Å². The number of hydrogen-bond donors (Lipinski definition) is 2. The van der Waals surface area contributed by atoms with Crippen LogP contribution in [-0.2, 0) is 0 Å². The second kappa shape index (κ2) is 8.67. The van der Waals surface area contributed by atoms with Crippen molar-refractivity contribution < 1.29 is 14.0 Å². The maximum atomic E-state index is 12.8. The summed E-state index contributed by atoms with van der Waals surface area (Å²) in [6, 6.07) is 11.1. The summed E-state index contributed by atoms with van der Waals surface area (Å²) in [6.45, 7) is 6.90. The first-order valence-electron chi connectivity index (χ1n) is 10.5. The van der Waals surface area contributed by atoms with Crippen LogP contribution in [0.3, 0.4) is 0 Å². The molecule has 3 heterocycles. The number of likely N-dealkylation sites (tertiary alicyclic amines) is 1. The Bertz CT molecular complexity index is 1090. The number of carbonyl (C=O) groups excluding carboxylic acids is 2. The smallest absolute Gasteiger partial charge is 0.324 e. The highest BCUT2D eigenvalue weighted by atomic mass is 16.4. The molecule has 1 fully saturated rings. The van der Waals surface area contributed by atoms with Gasteiger partial charge in [-0.25, -0.2) is 9.48 Å². The minimum Gasteiger partial charge on any atom is -0.456 e. The maximum Gasteiger partial charge on any atom is 0.324 e. The van der Waals surface area contributed by atoms with Crippen LogP contribution in [0.15, 0.2) is 47.0 Å². The molecule has 2 aromatic heterocycles. The molecule has 0 aliphatic carbocycles. The first-order valence-corrected chi connectivity index (χ1v) is 10.5. The van der Waals surface area contributed by atoms with E-state index < -0.39 is 0 Å². The molecule has 0 bridgehead atoms. The molecule has 0 saturated carbocycles. The molecule has 8 nitrogen and oxygen atoms in total. The van der Waals surface area contributed by atoms with Crippen LogP contribution in [0.4, 0.5) is 16.3 Å². The summed E-state index contributed by atoms with van der Waals surface area (Å²) in [6.07, 6.45) is 3.18. The molecule has 0 spiro atoms. The van der Waals surface area contributed by atoms with E-state index in [4.69, 9.17) is 4.42 Å². The standard InChI is InChI=1S/C23H27N5O3/c1-15-6-4-5-7-19(15)25-23(30)26-20-8-11-24-28(20)18-9-12-27(13-10-18)22(29)21-16(2)14-17(3)31-21/h4-8,11,14,18H,9-10,12-13H2,1-3H3,(H2,25,26,30). The zero-order chi connectivity index (χ0) is 22.0. The summed E-state index contributed by atoms with van der Waals surface area (Å²) >= 11 is 0. The molecule has 0 unspecified atom stereocenters. The van der Waals surface area contributed by atoms with Gasteiger partial charge in [0.25, 0.3) is 5.91 Å². The number of hydrogen-bond acceptors (Lipinski definition) is 4. The normalized spacial score (nSPS) is 14.5. The predicted octanol–water partition coefficient (Wildman–Crippen LogP) is 4.52. The molecule has 3 aromatic rings. The van der Waals surface area contributed by atoms with Gasteiger partial charge in [0.05, 0.1) is 12.2 Å². The van der Waals surface area contributed by atoms with Gasteiger partial charge in [0.2, 0.25) is 0 Å². The summed E-state index contributed by atoms with van der Waals surface area (Å²) in [5.41, 5.74) is 2.62. The number of piperidine rings is 1. The number of aryl methyl sites for hydroxylation is 3. The largest absolute Gasteiger partial charge is 0.456 e. The average Bonchev–Trinajstić information content (AvgIpc) is 3.34. The number of amides is 3. The van der Waals surface area contributed by atoms with Crippen LogP contribution in [0.2, 0.25) is 0 Å². The lowest BCUT2D eigenvalue weighted by Gasteiger charge is -2.32. The van der Waals surface area contributed by atoms with Crippen molar-refractivity contribution in [3.63, 3.8) is 0 Å². The van der Waals surface area contributed by atoms with E-state index in [-0.39, 0.29) is 18.0 Å². The fourth-order valence-electron chi connectivity index (χ4n) is 4.00. The summed E-state index contributed by atoms with van der Waals surface area (Å²) in [4.78, 5) is 27.1. The van der Waals surface area contributed by atoms with Gasteiger partial charge in [0, 0.05) is 30.4 Å². The van der Waals surface area contributed by atoms with Gasteiger partial charge >= 0.3 is 6.03 Å². The second-order valence-corrected chi connectivity index (χ2v) is 7.95. The minimum absolute atomic E-state index is 0.0690. The Hall–Kier alpha value is -3.55. The van der Waals surface area contributed by atoms with Gasteiger partial charge in [0.15, 0.2) is 5.76 Å². The van der Waals surface area contributed by atoms with E-state index in [1.807, 2.05) is 60.7 Å². The van der Waals surface area contributed by atoms with Gasteiger partial charge in [-0.3, -0.25) is 10.1 Å². The molecule has 0 radical (unpaired) electrons. The van der Waals surface area contributed by atoms with Gasteiger partial charge in [-0.2, -0.15) is 5.10 Å². The molecule has 2 N–H and O–H groups in total. The van der Waals surface area contributed by atoms with Crippen molar-refractivity contribution in [3.8, 4) is 0 Å². The Morgan fingerprint density at radius 3 is 2.45 bits per heavy atom. The Morgan fingerprint density at radius 1 is 1.03 bits per heavy atom. The molecule has 1 aliphatic heterocycles. The van der Waals surface area contributed by atoms with Crippen LogP contribution in [0.5, 0.6) is 0 Å². The zero-order valence-electron chi connectivity index (χ0n) is 18.0. The molecular weight excluding hydrogens is 394 g/mol. The number of aromatic nitrogens is 2. The zero-order valence-corrected chi connectivity index (χ0v) is 18.0. The van der Waals surface area contributed by atoms with Crippen LogP contribution in [0, 0.1) is 20.8 Å². The highest BCUT2D eigenvalue weighted by Gasteiger charge is 2.28. The van der Waals surface area contributed by atoms with Crippen LogP contribution >= 0.6 is 0 Å². The lowest BCUT2D eigenvalue weighted by molar-refractivity contribution is 0.0656. The average molecular weight is 422 g/mol. The van der Waals surface area contributed by atoms with Crippen molar-refractivity contribution in [1.82, 2.24) is 14.7 Å². The summed E-state index contributed by atoms with van der Waals surface area (Å²) < 4.78 is 7.42. The first kappa shape index (κ1) is 20.7. The first-order chi connectivity index (χ1) is 14.9. The summed E-state index contributed by atoms with van der Waals surface area (Å²) in [7, 11) is 0. The summed E-state index contributed by atoms with van der Waals surface area (Å²) in [5, 5.41) is 10.2. The van der Waals surface area contributed by atoms with Crippen molar-refractivity contribution >= 4 is 23.4 Å². The van der Waals surface area contributed by atoms with Crippen LogP contribution in [-0.4, -0.2) is 39.7 Å². The van der Waals surface area contributed by atoms with E-state index in [2.05, 4.69) is 15.7 Å². The second-order valence-electron chi connectivity index (χ2n) is 7.95. The lowest BCUT2D eigenvalue weighted by Crippen LogP contribution is -2.39. The Morgan fingerprint density at radius 2 is 1.77 bits per heavy atom. The Balaban J connectivity index is 1.37. The summed E-state index contributed by atoms with van der Waals surface area (Å²) in [5.74, 6) is 1.73. The maximum absolute atomic E-state index is 12.8. The predicted molar refractivity (Wildman–Crippen MR) is 118 cm³/mol. The van der Waals surface area contributed by atoms with Gasteiger partial charge < -0.3 is 14.6 Å². The molecular formula is C23H27N5O3. The van der Waals surface area contributed by atoms with Gasteiger partial charge in [-0.1, -0.05) is 18.2 Å². The highest BCUT2D eigenvalue weighted by Crippen LogP contribution is 2.27. The van der Waals surface area contributed by atoms with Gasteiger partial charge in [-0.15, -0.1) is 0 Å². The Kier molecular flexibility index (Phi) is 5.79. The van der Waals surface area contributed by atoms with E-state index in [1.54, 1.807) is 12.3 Å². The fourth-order valence-corrected chi connectivity index (χ4v) is 4.00. The number of rotatable bonds is 4. The van der Waals surface area contributed by atoms with Crippen LogP contribution < -0.4 is 10.6 Å². The van der Waals surface area contributed by atoms with Gasteiger partial charge in [0.1, 0.15) is 11.6 Å². The molecule has 4 rings (SSSR count). The number of nitrogens with zero attached hydrogens (tertiary/aromatic N) is 3. The quantitative estimate of drug-likeness (QED) is 0.648. The van der Waals surface area contributed by atoms with E-state index in [0.717, 1.165) is 35.4 Å². The number of carbonyl (C=O) groups is 2. The number of nitrogens with one attached hydrogen (secondary N) is 2. The van der Waals surface area contributed by atoms with Crippen molar-refractivity contribution in [2.24, 2.45) is 0 Å². The van der Waals surface area contributed by atoms with Crippen molar-refractivity contribution in [2.45, 2.75) is 39.7 Å². The van der Waals surface area contributed by atoms with Crippen LogP contribution in [0.25, 0.3) is 0 Å². The molecule has 162 valence electrons. The third kappa shape index (κ3) is 4.47. The SMILES string of the molecule is Cc1cc(C)c(C(=O)N2CCC(n3nccc3NC(=O)Nc3ccccc3C)CC2)o1. The number of urea groups is 1. The number of benzene rings is 1. The molecule has 3 amide bonds. The minimum atomic E-state index is -0.313. The molecule has 8 heteroatoms. The van der Waals surface area contributed by atoms with E-state index in [1.165, 1.54) is 0 Å². The van der Waals surface area contributed by atoms with E-state index in [0.29, 0.717) is 24.7 Å². The molecule has 1 aromatic carbocycles. The number of anilines is 2. The third-order valence-corrected chi connectivity index (χ3v) is 5.64. The third-order valence-electron chi connectivity index (χ3n) is 5.64. The van der Waals surface area contributed by atoms with Crippen molar-refractivity contribution in [2.75, 3.05) is 23.7 Å². The monoisotopic (exact) mass is 421 g/mol. The topological polar surface area (TPSA) is 92.4 Å². The van der Waals surface area contributed by atoms with Crippen LogP contribution in [0.1, 0.15) is 46.3 Å².